The van der Waals surface area contributed by atoms with Crippen LogP contribution in [0.1, 0.15) is 32.3 Å². The van der Waals surface area contributed by atoms with E-state index in [4.69, 9.17) is 0 Å². The Morgan fingerprint density at radius 3 is 2.47 bits per heavy atom. The van der Waals surface area contributed by atoms with Crippen LogP contribution in [0.15, 0.2) is 30.3 Å². The first-order valence-electron chi connectivity index (χ1n) is 6.83. The summed E-state index contributed by atoms with van der Waals surface area (Å²) in [6.07, 6.45) is 4.45. The maximum absolute atomic E-state index is 11.8. The van der Waals surface area contributed by atoms with Crippen molar-refractivity contribution in [2.24, 2.45) is 5.92 Å². The van der Waals surface area contributed by atoms with Gasteiger partial charge in [-0.2, -0.15) is 0 Å². The fourth-order valence-corrected chi connectivity index (χ4v) is 3.13. The molecule has 19 heavy (non-hydrogen) atoms. The van der Waals surface area contributed by atoms with Crippen LogP contribution in [-0.2, 0) is 15.8 Å². The molecule has 1 aromatic rings. The largest absolute Gasteiger partial charge is 0.432 e. The number of benzene rings is 1. The highest BCUT2D eigenvalue weighted by Gasteiger charge is 2.23. The zero-order valence-corrected chi connectivity index (χ0v) is 12.6. The molecule has 0 amide bonds. The summed E-state index contributed by atoms with van der Waals surface area (Å²) in [6.45, 7) is 3.90. The smallest absolute Gasteiger partial charge is 0.301 e. The van der Waals surface area contributed by atoms with Gasteiger partial charge in [-0.05, 0) is 30.7 Å². The van der Waals surface area contributed by atoms with E-state index in [9.17, 15) is 9.36 Å². The number of aryl methyl sites for hydroxylation is 1. The summed E-state index contributed by atoms with van der Waals surface area (Å²) in [7, 11) is -1.47. The number of rotatable bonds is 9. The van der Waals surface area contributed by atoms with Crippen molar-refractivity contribution in [3.05, 3.63) is 35.9 Å². The van der Waals surface area contributed by atoms with E-state index in [2.05, 4.69) is 17.2 Å². The van der Waals surface area contributed by atoms with Crippen molar-refractivity contribution >= 4 is 14.2 Å². The highest BCUT2D eigenvalue weighted by molar-refractivity contribution is 7.42. The van der Waals surface area contributed by atoms with Gasteiger partial charge in [-0.1, -0.05) is 53.8 Å². The first-order chi connectivity index (χ1) is 9.13. The minimum absolute atomic E-state index is 0.181. The molecule has 0 saturated heterocycles. The van der Waals surface area contributed by atoms with Gasteiger partial charge in [0.05, 0.1) is 0 Å². The van der Waals surface area contributed by atoms with Crippen LogP contribution in [0.3, 0.4) is 0 Å². The van der Waals surface area contributed by atoms with Crippen LogP contribution in [0, 0.1) is 5.92 Å². The Kier molecular flexibility index (Phi) is 7.54. The van der Waals surface area contributed by atoms with Crippen molar-refractivity contribution in [2.75, 3.05) is 6.16 Å². The average Bonchev–Trinajstić information content (AvgIpc) is 2.42. The summed E-state index contributed by atoms with van der Waals surface area (Å²) in [5, 5.41) is 2.91. The van der Waals surface area contributed by atoms with Gasteiger partial charge in [-0.25, -0.2) is 0 Å². The number of hydrogen-bond acceptors (Lipinski definition) is 2. The minimum Gasteiger partial charge on any atom is -0.301 e. The molecule has 0 aliphatic carbocycles. The van der Waals surface area contributed by atoms with Gasteiger partial charge in [0.2, 0.25) is 0 Å². The zero-order chi connectivity index (χ0) is 14.1. The van der Waals surface area contributed by atoms with Crippen molar-refractivity contribution in [1.29, 1.82) is 0 Å². The summed E-state index contributed by atoms with van der Waals surface area (Å²) >= 11 is 0. The lowest BCUT2D eigenvalue weighted by Gasteiger charge is -2.08. The van der Waals surface area contributed by atoms with Gasteiger partial charge in [-0.15, -0.1) is 0 Å². The molecule has 0 spiro atoms. The van der Waals surface area contributed by atoms with Crippen molar-refractivity contribution in [1.82, 2.24) is 5.09 Å². The molecule has 104 valence electrons. The fourth-order valence-electron chi connectivity index (χ4n) is 1.80. The van der Waals surface area contributed by atoms with Gasteiger partial charge in [0.15, 0.2) is 6.16 Å². The Hall–Kier alpha value is -1.05. The second-order valence-electron chi connectivity index (χ2n) is 5.08. The predicted octanol–water partition coefficient (Wildman–Crippen LogP) is 3.56. The molecule has 0 bridgehead atoms. The third-order valence-corrected chi connectivity index (χ3v) is 4.39. The van der Waals surface area contributed by atoms with Crippen LogP contribution >= 0.6 is 7.95 Å². The number of carbonyl (C=O) groups is 1. The molecule has 0 aliphatic heterocycles. The van der Waals surface area contributed by atoms with Gasteiger partial charge in [0.1, 0.15) is 12.3 Å². The molecule has 0 aromatic heterocycles. The topological polar surface area (TPSA) is 46.2 Å². The highest BCUT2D eigenvalue weighted by Crippen LogP contribution is 2.20. The lowest BCUT2D eigenvalue weighted by molar-refractivity contribution is -0.110. The fraction of sp³-hybridized carbons (Fsp3) is 0.533. The molecule has 1 rings (SSSR count). The molecule has 4 heteroatoms. The number of unbranched alkanes of at least 4 members (excludes halogenated alkanes) is 1. The molecular formula is C15H23NO2P+. The first-order valence-corrected chi connectivity index (χ1v) is 8.28. The summed E-state index contributed by atoms with van der Waals surface area (Å²) in [5.74, 6) is 0.181. The van der Waals surface area contributed by atoms with Crippen LogP contribution in [0.4, 0.5) is 0 Å². The van der Waals surface area contributed by atoms with Crippen LogP contribution < -0.4 is 5.09 Å². The van der Waals surface area contributed by atoms with Crippen LogP contribution in [0.25, 0.3) is 0 Å². The lowest BCUT2D eigenvalue weighted by atomic mass is 10.1. The Balaban J connectivity index is 2.19. The number of aldehydes is 1. The van der Waals surface area contributed by atoms with E-state index in [1.54, 1.807) is 0 Å². The SMILES string of the molecule is CC(C)[C@@H](C=O)N[P+](=O)CCCCc1ccccc1. The van der Waals surface area contributed by atoms with Crippen LogP contribution in [0.5, 0.6) is 0 Å². The molecule has 1 N–H and O–H groups in total. The molecule has 1 unspecified atom stereocenters. The molecular weight excluding hydrogens is 257 g/mol. The highest BCUT2D eigenvalue weighted by atomic mass is 31.1. The Labute approximate surface area is 116 Å². The molecule has 0 saturated carbocycles. The molecule has 0 fully saturated rings. The Morgan fingerprint density at radius 2 is 1.89 bits per heavy atom. The van der Waals surface area contributed by atoms with Gasteiger partial charge in [-0.3, -0.25) is 0 Å². The summed E-state index contributed by atoms with van der Waals surface area (Å²) in [4.78, 5) is 10.8. The molecule has 1 aromatic carbocycles. The quantitative estimate of drug-likeness (QED) is 0.427. The normalized spacial score (nSPS) is 13.3. The van der Waals surface area contributed by atoms with Crippen molar-refractivity contribution in [3.63, 3.8) is 0 Å². The number of hydrogen-bond donors (Lipinski definition) is 1. The first kappa shape index (κ1) is 16.0. The van der Waals surface area contributed by atoms with Gasteiger partial charge >= 0.3 is 7.95 Å². The lowest BCUT2D eigenvalue weighted by Crippen LogP contribution is -2.30. The Bertz CT molecular complexity index is 392. The van der Waals surface area contributed by atoms with E-state index in [1.807, 2.05) is 32.0 Å². The molecule has 2 atom stereocenters. The van der Waals surface area contributed by atoms with Crippen molar-refractivity contribution in [2.45, 2.75) is 39.2 Å². The summed E-state index contributed by atoms with van der Waals surface area (Å²) in [5.41, 5.74) is 1.32. The monoisotopic (exact) mass is 280 g/mol. The zero-order valence-electron chi connectivity index (χ0n) is 11.7. The van der Waals surface area contributed by atoms with E-state index in [-0.39, 0.29) is 12.0 Å². The second-order valence-corrected chi connectivity index (χ2v) is 6.54. The summed E-state index contributed by atoms with van der Waals surface area (Å²) < 4.78 is 11.8. The van der Waals surface area contributed by atoms with Gasteiger partial charge in [0.25, 0.3) is 0 Å². The third-order valence-electron chi connectivity index (χ3n) is 3.08. The molecule has 0 heterocycles. The molecule has 0 radical (unpaired) electrons. The van der Waals surface area contributed by atoms with Crippen LogP contribution in [0.2, 0.25) is 0 Å². The summed E-state index contributed by atoms with van der Waals surface area (Å²) in [6, 6.07) is 10.0. The maximum Gasteiger partial charge on any atom is 0.432 e. The van der Waals surface area contributed by atoms with E-state index in [0.717, 1.165) is 25.5 Å². The van der Waals surface area contributed by atoms with Gasteiger partial charge < -0.3 is 4.79 Å². The van der Waals surface area contributed by atoms with E-state index in [0.29, 0.717) is 6.16 Å². The maximum atomic E-state index is 11.8. The van der Waals surface area contributed by atoms with Gasteiger partial charge in [0, 0.05) is 0 Å². The van der Waals surface area contributed by atoms with E-state index >= 15 is 0 Å². The van der Waals surface area contributed by atoms with E-state index in [1.165, 1.54) is 5.56 Å². The number of nitrogens with one attached hydrogen (secondary N) is 1. The average molecular weight is 280 g/mol. The molecule has 0 aliphatic rings. The molecule has 3 nitrogen and oxygen atoms in total. The third kappa shape index (κ3) is 6.60. The van der Waals surface area contributed by atoms with Crippen molar-refractivity contribution < 1.29 is 9.36 Å². The van der Waals surface area contributed by atoms with E-state index < -0.39 is 7.95 Å². The predicted molar refractivity (Wildman–Crippen MR) is 79.7 cm³/mol. The van der Waals surface area contributed by atoms with Crippen LogP contribution in [-0.4, -0.2) is 18.5 Å². The standard InChI is InChI=1S/C15H23NO2P/c1-13(2)15(12-17)16-19(18)11-7-6-10-14-8-4-3-5-9-14/h3-5,8-9,12-13,15H,6-7,10-11H2,1-2H3,(H,16,18)/q+1/t15-/m1/s1. The van der Waals surface area contributed by atoms with Crippen molar-refractivity contribution in [3.8, 4) is 0 Å². The second kappa shape index (κ2) is 8.95. The Morgan fingerprint density at radius 1 is 1.21 bits per heavy atom. The minimum atomic E-state index is -1.47. The number of carbonyl (C=O) groups excluding carboxylic acids is 1.